The van der Waals surface area contributed by atoms with E-state index in [0.29, 0.717) is 24.6 Å². The van der Waals surface area contributed by atoms with Gasteiger partial charge in [0.05, 0.1) is 17.1 Å². The molecule has 1 aliphatic heterocycles. The molecule has 1 unspecified atom stereocenters. The largest absolute Gasteiger partial charge is 0.381 e. The molecule has 0 saturated carbocycles. The molecule has 1 N–H and O–H groups in total. The van der Waals surface area contributed by atoms with Crippen LogP contribution in [-0.2, 0) is 9.53 Å². The van der Waals surface area contributed by atoms with Gasteiger partial charge in [0, 0.05) is 25.3 Å². The number of carbonyl (C=O) groups is 1. The lowest BCUT2D eigenvalue weighted by Crippen LogP contribution is -2.32. The van der Waals surface area contributed by atoms with Gasteiger partial charge in [-0.2, -0.15) is 0 Å². The Morgan fingerprint density at radius 1 is 1.48 bits per heavy atom. The zero-order valence-corrected chi connectivity index (χ0v) is 11.7. The highest BCUT2D eigenvalue weighted by molar-refractivity contribution is 5.92. The number of nitro benzene ring substituents is 1. The van der Waals surface area contributed by atoms with Gasteiger partial charge in [-0.15, -0.1) is 0 Å². The van der Waals surface area contributed by atoms with E-state index in [-0.39, 0.29) is 11.6 Å². The lowest BCUT2D eigenvalue weighted by molar-refractivity contribution is -0.385. The number of nitro groups is 1. The van der Waals surface area contributed by atoms with E-state index >= 15 is 0 Å². The van der Waals surface area contributed by atoms with E-state index < -0.39 is 4.92 Å². The minimum absolute atomic E-state index is 0.0118. The Morgan fingerprint density at radius 3 is 3.00 bits per heavy atom. The summed E-state index contributed by atoms with van der Waals surface area (Å²) in [6, 6.07) is 6.32. The molecule has 0 aromatic heterocycles. The van der Waals surface area contributed by atoms with Gasteiger partial charge in [0.2, 0.25) is 5.91 Å². The van der Waals surface area contributed by atoms with Crippen molar-refractivity contribution in [2.45, 2.75) is 12.8 Å². The molecule has 1 aromatic rings. The van der Waals surface area contributed by atoms with Gasteiger partial charge in [-0.1, -0.05) is 12.1 Å². The fourth-order valence-electron chi connectivity index (χ4n) is 2.23. The maximum atomic E-state index is 11.7. The molecule has 112 valence electrons. The van der Waals surface area contributed by atoms with Crippen LogP contribution in [0.5, 0.6) is 0 Å². The molecule has 1 fully saturated rings. The van der Waals surface area contributed by atoms with Gasteiger partial charge in [-0.3, -0.25) is 14.9 Å². The van der Waals surface area contributed by atoms with Crippen LogP contribution in [0.3, 0.4) is 0 Å². The summed E-state index contributed by atoms with van der Waals surface area (Å²) >= 11 is 0. The molecule has 1 atom stereocenters. The Kier molecular flexibility index (Phi) is 5.45. The number of nitrogens with one attached hydrogen (secondary N) is 1. The first-order chi connectivity index (χ1) is 10.2. The second kappa shape index (κ2) is 7.54. The normalized spacial score (nSPS) is 18.6. The van der Waals surface area contributed by atoms with Gasteiger partial charge < -0.3 is 10.1 Å². The third-order valence-corrected chi connectivity index (χ3v) is 3.37. The highest BCUT2D eigenvalue weighted by Crippen LogP contribution is 2.18. The smallest absolute Gasteiger partial charge is 0.276 e. The van der Waals surface area contributed by atoms with Crippen LogP contribution in [0.4, 0.5) is 5.69 Å². The predicted octanol–water partition coefficient (Wildman–Crippen LogP) is 2.15. The highest BCUT2D eigenvalue weighted by Gasteiger charge is 2.14. The first kappa shape index (κ1) is 15.2. The van der Waals surface area contributed by atoms with Crippen LogP contribution in [0.2, 0.25) is 0 Å². The van der Waals surface area contributed by atoms with Crippen molar-refractivity contribution < 1.29 is 14.5 Å². The Balaban J connectivity index is 1.88. The number of ether oxygens (including phenoxy) is 1. The Labute approximate surface area is 122 Å². The number of rotatable bonds is 5. The van der Waals surface area contributed by atoms with Crippen LogP contribution in [-0.4, -0.2) is 30.6 Å². The SMILES string of the molecule is O=C(/C=C/c1ccccc1[N+](=O)[O-])NCC1CCCOC1. The Morgan fingerprint density at radius 2 is 2.29 bits per heavy atom. The molecule has 21 heavy (non-hydrogen) atoms. The summed E-state index contributed by atoms with van der Waals surface area (Å²) in [5.41, 5.74) is 0.404. The maximum Gasteiger partial charge on any atom is 0.276 e. The summed E-state index contributed by atoms with van der Waals surface area (Å²) in [7, 11) is 0. The summed E-state index contributed by atoms with van der Waals surface area (Å²) in [4.78, 5) is 22.1. The second-order valence-electron chi connectivity index (χ2n) is 4.98. The Bertz CT molecular complexity index is 536. The average molecular weight is 290 g/mol. The molecule has 0 bridgehead atoms. The Hall–Kier alpha value is -2.21. The number of nitrogens with zero attached hydrogens (tertiary/aromatic N) is 1. The number of hydrogen-bond donors (Lipinski definition) is 1. The number of carbonyl (C=O) groups excluding carboxylic acids is 1. The maximum absolute atomic E-state index is 11.7. The van der Waals surface area contributed by atoms with Crippen LogP contribution < -0.4 is 5.32 Å². The van der Waals surface area contributed by atoms with Crippen molar-refractivity contribution in [2.75, 3.05) is 19.8 Å². The highest BCUT2D eigenvalue weighted by atomic mass is 16.6. The molecule has 0 aliphatic carbocycles. The molecular weight excluding hydrogens is 272 g/mol. The number of para-hydroxylation sites is 1. The van der Waals surface area contributed by atoms with E-state index in [0.717, 1.165) is 19.4 Å². The van der Waals surface area contributed by atoms with Crippen molar-refractivity contribution in [2.24, 2.45) is 5.92 Å². The van der Waals surface area contributed by atoms with Crippen molar-refractivity contribution >= 4 is 17.7 Å². The minimum atomic E-state index is -0.461. The summed E-state index contributed by atoms with van der Waals surface area (Å²) in [5, 5.41) is 13.7. The molecule has 2 rings (SSSR count). The molecular formula is C15H18N2O4. The lowest BCUT2D eigenvalue weighted by Gasteiger charge is -2.21. The van der Waals surface area contributed by atoms with E-state index in [9.17, 15) is 14.9 Å². The van der Waals surface area contributed by atoms with Crippen molar-refractivity contribution in [1.29, 1.82) is 0 Å². The van der Waals surface area contributed by atoms with E-state index in [1.807, 2.05) is 0 Å². The second-order valence-corrected chi connectivity index (χ2v) is 4.98. The third kappa shape index (κ3) is 4.68. The molecule has 6 heteroatoms. The zero-order valence-electron chi connectivity index (χ0n) is 11.7. The van der Waals surface area contributed by atoms with Crippen molar-refractivity contribution in [1.82, 2.24) is 5.32 Å². The summed E-state index contributed by atoms with van der Waals surface area (Å²) in [5.74, 6) is 0.0980. The quantitative estimate of drug-likeness (QED) is 0.512. The van der Waals surface area contributed by atoms with Gasteiger partial charge >= 0.3 is 0 Å². The number of amides is 1. The number of hydrogen-bond acceptors (Lipinski definition) is 4. The zero-order chi connectivity index (χ0) is 15.1. The fourth-order valence-corrected chi connectivity index (χ4v) is 2.23. The van der Waals surface area contributed by atoms with E-state index in [1.165, 1.54) is 18.2 Å². The van der Waals surface area contributed by atoms with E-state index in [2.05, 4.69) is 5.32 Å². The van der Waals surface area contributed by atoms with Crippen LogP contribution in [0.25, 0.3) is 6.08 Å². The van der Waals surface area contributed by atoms with Crippen LogP contribution in [0, 0.1) is 16.0 Å². The van der Waals surface area contributed by atoms with Crippen molar-refractivity contribution in [3.63, 3.8) is 0 Å². The van der Waals surface area contributed by atoms with Crippen molar-refractivity contribution in [3.8, 4) is 0 Å². The van der Waals surface area contributed by atoms with Crippen LogP contribution >= 0.6 is 0 Å². The number of benzene rings is 1. The first-order valence-corrected chi connectivity index (χ1v) is 6.94. The molecule has 1 heterocycles. The monoisotopic (exact) mass is 290 g/mol. The summed E-state index contributed by atoms with van der Waals surface area (Å²) < 4.78 is 5.34. The summed E-state index contributed by atoms with van der Waals surface area (Å²) in [6.45, 7) is 2.04. The van der Waals surface area contributed by atoms with Gasteiger partial charge in [-0.05, 0) is 30.9 Å². The molecule has 1 saturated heterocycles. The van der Waals surface area contributed by atoms with Crippen LogP contribution in [0.1, 0.15) is 18.4 Å². The van der Waals surface area contributed by atoms with Gasteiger partial charge in [0.15, 0.2) is 0 Å². The molecule has 0 spiro atoms. The molecule has 1 aromatic carbocycles. The first-order valence-electron chi connectivity index (χ1n) is 6.94. The third-order valence-electron chi connectivity index (χ3n) is 3.37. The predicted molar refractivity (Wildman–Crippen MR) is 78.7 cm³/mol. The lowest BCUT2D eigenvalue weighted by atomic mass is 10.0. The molecule has 1 amide bonds. The standard InChI is InChI=1S/C15H18N2O4/c18-15(16-10-12-4-3-9-21-11-12)8-7-13-5-1-2-6-14(13)17(19)20/h1-2,5-8,12H,3-4,9-11H2,(H,16,18)/b8-7+. The molecule has 6 nitrogen and oxygen atoms in total. The summed E-state index contributed by atoms with van der Waals surface area (Å²) in [6.07, 6.45) is 4.86. The van der Waals surface area contributed by atoms with Crippen LogP contribution in [0.15, 0.2) is 30.3 Å². The fraction of sp³-hybridized carbons (Fsp3) is 0.400. The van der Waals surface area contributed by atoms with Gasteiger partial charge in [-0.25, -0.2) is 0 Å². The molecule has 1 aliphatic rings. The van der Waals surface area contributed by atoms with Crippen molar-refractivity contribution in [3.05, 3.63) is 46.0 Å². The molecule has 0 radical (unpaired) electrons. The van der Waals surface area contributed by atoms with Gasteiger partial charge in [0.25, 0.3) is 5.69 Å². The average Bonchev–Trinajstić information content (AvgIpc) is 2.52. The minimum Gasteiger partial charge on any atom is -0.381 e. The van der Waals surface area contributed by atoms with Gasteiger partial charge in [0.1, 0.15) is 0 Å². The topological polar surface area (TPSA) is 81.5 Å². The van der Waals surface area contributed by atoms with E-state index in [1.54, 1.807) is 18.2 Å². The van der Waals surface area contributed by atoms with E-state index in [4.69, 9.17) is 4.74 Å².